The van der Waals surface area contributed by atoms with Crippen molar-refractivity contribution < 1.29 is 82.0 Å². The lowest BCUT2D eigenvalue weighted by molar-refractivity contribution is -0.777. The van der Waals surface area contributed by atoms with Crippen molar-refractivity contribution in [2.45, 2.75) is 73.4 Å². The molecule has 4 fully saturated rings. The Morgan fingerprint density at radius 2 is 1.32 bits per heavy atom. The first-order valence-corrected chi connectivity index (χ1v) is 11.5. The quantitative estimate of drug-likeness (QED) is 0.127. The molecule has 0 spiro atoms. The van der Waals surface area contributed by atoms with Gasteiger partial charge in [-0.3, -0.25) is 5.04 Å². The van der Waals surface area contributed by atoms with Crippen molar-refractivity contribution in [2.75, 3.05) is 13.2 Å². The van der Waals surface area contributed by atoms with Crippen LogP contribution in [-0.2, 0) is 18.9 Å². The standard InChI is InChI=1S/C19H20F12O6S/c20-15(21,16(22,23)17(24,25)19(29,30)31)14(18(26,27)28,38-37-36-34)11(33)35-8-13-4-9-1-10(5-13)3-12(2-9,6-13)7-32/h9-10,32,34H,1-8H2/p-1. The van der Waals surface area contributed by atoms with Gasteiger partial charge in [0.05, 0.1) is 18.6 Å². The maximum absolute atomic E-state index is 14.8. The van der Waals surface area contributed by atoms with Crippen molar-refractivity contribution in [3.05, 3.63) is 0 Å². The molecule has 0 saturated heterocycles. The van der Waals surface area contributed by atoms with Gasteiger partial charge in [0.25, 0.3) is 0 Å². The topological polar surface area (TPSA) is 88.1 Å². The second-order valence-corrected chi connectivity index (χ2v) is 11.2. The van der Waals surface area contributed by atoms with Crippen LogP contribution in [0.2, 0.25) is 0 Å². The Labute approximate surface area is 210 Å². The van der Waals surface area contributed by atoms with Gasteiger partial charge >= 0.3 is 40.8 Å². The molecule has 38 heavy (non-hydrogen) atoms. The molecular formula is C19H19F12O6S-. The van der Waals surface area contributed by atoms with Crippen LogP contribution in [0.4, 0.5) is 52.7 Å². The minimum atomic E-state index is -7.92. The number of hydrogen-bond acceptors (Lipinski definition) is 7. The molecule has 4 saturated carbocycles. The zero-order valence-electron chi connectivity index (χ0n) is 18.7. The fraction of sp³-hybridized carbons (Fsp3) is 0.947. The Hall–Kier alpha value is -1.18. The molecule has 3 unspecified atom stereocenters. The molecule has 0 aromatic heterocycles. The molecule has 0 radical (unpaired) electrons. The Bertz CT molecular complexity index is 896. The van der Waals surface area contributed by atoms with Gasteiger partial charge in [0.2, 0.25) is 0 Å². The van der Waals surface area contributed by atoms with E-state index < -0.39 is 70.3 Å². The molecule has 4 rings (SSSR count). The molecule has 0 aliphatic heterocycles. The van der Waals surface area contributed by atoms with Crippen molar-refractivity contribution in [1.82, 2.24) is 0 Å². The molecule has 6 nitrogen and oxygen atoms in total. The highest BCUT2D eigenvalue weighted by molar-refractivity contribution is 7.97. The Balaban J connectivity index is 2.03. The summed E-state index contributed by atoms with van der Waals surface area (Å²) in [4.78, 5) is 12.5. The van der Waals surface area contributed by atoms with Crippen LogP contribution in [-0.4, -0.2) is 59.2 Å². The molecule has 222 valence electrons. The number of alkyl halides is 12. The molecule has 19 heteroatoms. The van der Waals surface area contributed by atoms with Crippen molar-refractivity contribution in [3.63, 3.8) is 0 Å². The molecule has 3 atom stereocenters. The maximum Gasteiger partial charge on any atom is 0.460 e. The van der Waals surface area contributed by atoms with E-state index in [0.29, 0.717) is 19.3 Å². The first-order chi connectivity index (χ1) is 17.1. The molecule has 0 aromatic carbocycles. The van der Waals surface area contributed by atoms with E-state index in [1.54, 1.807) is 0 Å². The van der Waals surface area contributed by atoms with Gasteiger partial charge < -0.3 is 15.1 Å². The molecule has 4 aliphatic carbocycles. The highest BCUT2D eigenvalue weighted by Gasteiger charge is 2.92. The molecule has 4 aliphatic rings. The second-order valence-electron chi connectivity index (χ2n) is 10.3. The van der Waals surface area contributed by atoms with Crippen LogP contribution in [0.1, 0.15) is 38.5 Å². The van der Waals surface area contributed by atoms with Crippen LogP contribution >= 0.6 is 12.0 Å². The third-order valence-electron chi connectivity index (χ3n) is 7.61. The monoisotopic (exact) mass is 603 g/mol. The zero-order valence-corrected chi connectivity index (χ0v) is 19.6. The number of carbonyl (C=O) groups is 1. The van der Waals surface area contributed by atoms with Crippen LogP contribution in [0, 0.1) is 22.7 Å². The van der Waals surface area contributed by atoms with Gasteiger partial charge in [0.1, 0.15) is 0 Å². The average Bonchev–Trinajstić information content (AvgIpc) is 2.75. The summed E-state index contributed by atoms with van der Waals surface area (Å²) in [7, 11) is 0. The first-order valence-electron chi connectivity index (χ1n) is 10.8. The molecular weight excluding hydrogens is 584 g/mol. The fourth-order valence-electron chi connectivity index (χ4n) is 6.54. The largest absolute Gasteiger partial charge is 0.691 e. The molecule has 0 heterocycles. The van der Waals surface area contributed by atoms with Gasteiger partial charge in [0.15, 0.2) is 0 Å². The van der Waals surface area contributed by atoms with Gasteiger partial charge in [-0.05, 0) is 55.8 Å². The lowest BCUT2D eigenvalue weighted by Gasteiger charge is -2.61. The van der Waals surface area contributed by atoms with E-state index in [4.69, 9.17) is 0 Å². The molecule has 1 N–H and O–H groups in total. The summed E-state index contributed by atoms with van der Waals surface area (Å²) in [5.74, 6) is -27.0. The number of rotatable bonds is 10. The molecule has 0 aromatic rings. The lowest BCUT2D eigenvalue weighted by atomic mass is 9.44. The van der Waals surface area contributed by atoms with Gasteiger partial charge in [-0.25, -0.2) is 4.79 Å². The van der Waals surface area contributed by atoms with Crippen LogP contribution in [0.15, 0.2) is 0 Å². The molecule has 4 bridgehead atoms. The smallest absolute Gasteiger partial charge is 0.460 e. The Morgan fingerprint density at radius 1 is 0.816 bits per heavy atom. The van der Waals surface area contributed by atoms with Crippen LogP contribution < -0.4 is 5.26 Å². The normalized spacial score (nSPS) is 31.8. The maximum atomic E-state index is 14.8. The number of hydrogen-bond donors (Lipinski definition) is 1. The summed E-state index contributed by atoms with van der Waals surface area (Å²) in [5.41, 5.74) is -1.95. The van der Waals surface area contributed by atoms with E-state index in [2.05, 4.69) is 14.1 Å². The van der Waals surface area contributed by atoms with Gasteiger partial charge in [-0.2, -0.15) is 57.0 Å². The Kier molecular flexibility index (Phi) is 7.79. The Morgan fingerprint density at radius 3 is 1.74 bits per heavy atom. The van der Waals surface area contributed by atoms with E-state index in [-0.39, 0.29) is 37.7 Å². The molecule has 0 amide bonds. The van der Waals surface area contributed by atoms with E-state index in [1.807, 2.05) is 0 Å². The van der Waals surface area contributed by atoms with E-state index >= 15 is 0 Å². The SMILES string of the molecule is O=C(OCC12CC3CC(CC(CO)(C3)C1)C2)C(SOO[O-])(C(F)(F)F)C(F)(F)C(F)(F)C(F)(F)C(F)(F)F. The minimum absolute atomic E-state index is 0.0296. The second kappa shape index (κ2) is 9.44. The predicted molar refractivity (Wildman–Crippen MR) is 97.0 cm³/mol. The van der Waals surface area contributed by atoms with Crippen LogP contribution in [0.25, 0.3) is 0 Å². The lowest BCUT2D eigenvalue weighted by Crippen LogP contribution is -2.74. The minimum Gasteiger partial charge on any atom is -0.691 e. The summed E-state index contributed by atoms with van der Waals surface area (Å²) in [6.07, 6.45) is -12.6. The average molecular weight is 603 g/mol. The predicted octanol–water partition coefficient (Wildman–Crippen LogP) is 4.75. The van der Waals surface area contributed by atoms with Crippen LogP contribution in [0.5, 0.6) is 0 Å². The van der Waals surface area contributed by atoms with Crippen molar-refractivity contribution >= 4 is 18.0 Å². The summed E-state index contributed by atoms with van der Waals surface area (Å²) < 4.78 is 165. The van der Waals surface area contributed by atoms with Gasteiger partial charge in [-0.1, -0.05) is 0 Å². The summed E-state index contributed by atoms with van der Waals surface area (Å²) in [5, 5.41) is 22.3. The van der Waals surface area contributed by atoms with Crippen molar-refractivity contribution in [2.24, 2.45) is 22.7 Å². The van der Waals surface area contributed by atoms with E-state index in [0.717, 1.165) is 0 Å². The number of halogens is 12. The van der Waals surface area contributed by atoms with Gasteiger partial charge in [0, 0.05) is 12.0 Å². The zero-order chi connectivity index (χ0) is 29.2. The van der Waals surface area contributed by atoms with E-state index in [9.17, 15) is 67.8 Å². The van der Waals surface area contributed by atoms with Crippen molar-refractivity contribution in [3.8, 4) is 0 Å². The summed E-state index contributed by atoms with van der Waals surface area (Å²) >= 11 is -2.24. The van der Waals surface area contributed by atoms with E-state index in [1.165, 1.54) is 0 Å². The van der Waals surface area contributed by atoms with Gasteiger partial charge in [-0.15, -0.1) is 0 Å². The number of esters is 1. The number of ether oxygens (including phenoxy) is 1. The number of aliphatic hydroxyl groups is 1. The number of aliphatic hydroxyl groups excluding tert-OH is 1. The third kappa shape index (κ3) is 4.52. The fourth-order valence-corrected chi connectivity index (χ4v) is 7.12. The number of carbonyl (C=O) groups excluding carboxylic acids is 1. The van der Waals surface area contributed by atoms with Crippen LogP contribution in [0.3, 0.4) is 0 Å². The highest BCUT2D eigenvalue weighted by atomic mass is 32.2. The summed E-state index contributed by atoms with van der Waals surface area (Å²) in [6, 6.07) is 0. The first kappa shape index (κ1) is 31.3. The van der Waals surface area contributed by atoms with Crippen molar-refractivity contribution in [1.29, 1.82) is 0 Å². The highest BCUT2D eigenvalue weighted by Crippen LogP contribution is 2.66. The third-order valence-corrected chi connectivity index (χ3v) is 8.64. The summed E-state index contributed by atoms with van der Waals surface area (Å²) in [6.45, 7) is -1.52.